The summed E-state index contributed by atoms with van der Waals surface area (Å²) in [6, 6.07) is 23.6. The summed E-state index contributed by atoms with van der Waals surface area (Å²) in [5.41, 5.74) is 3.73. The fraction of sp³-hybridized carbons (Fsp3) is 0.0714. The number of anilines is 4. The van der Waals surface area contributed by atoms with E-state index in [1.807, 2.05) is 12.1 Å². The van der Waals surface area contributed by atoms with E-state index in [0.29, 0.717) is 44.3 Å². The Labute approximate surface area is 229 Å². The molecule has 0 aliphatic heterocycles. The highest BCUT2D eigenvalue weighted by atomic mass is 35.5. The minimum atomic E-state index is -0.438. The van der Waals surface area contributed by atoms with Crippen molar-refractivity contribution in [1.82, 2.24) is 0 Å². The number of hydrogen-bond donors (Lipinski definition) is 4. The number of ether oxygens (including phenoxy) is 2. The first-order valence-corrected chi connectivity index (χ1v) is 12.1. The van der Waals surface area contributed by atoms with Gasteiger partial charge in [-0.25, -0.2) is 9.59 Å². The number of nitrogens with one attached hydrogen (secondary N) is 4. The van der Waals surface area contributed by atoms with Crippen LogP contribution in [0.5, 0.6) is 11.5 Å². The lowest BCUT2D eigenvalue weighted by atomic mass is 10.0. The van der Waals surface area contributed by atoms with Crippen molar-refractivity contribution in [2.45, 2.75) is 0 Å². The van der Waals surface area contributed by atoms with Crippen LogP contribution in [0.2, 0.25) is 10.0 Å². The van der Waals surface area contributed by atoms with Crippen LogP contribution >= 0.6 is 23.2 Å². The molecule has 0 aliphatic rings. The van der Waals surface area contributed by atoms with E-state index in [2.05, 4.69) is 21.3 Å². The van der Waals surface area contributed by atoms with Gasteiger partial charge in [0.05, 0.1) is 25.6 Å². The Hall–Kier alpha value is -4.40. The van der Waals surface area contributed by atoms with Crippen LogP contribution in [0.1, 0.15) is 0 Å². The topological polar surface area (TPSA) is 101 Å². The van der Waals surface area contributed by atoms with Crippen LogP contribution in [-0.2, 0) is 0 Å². The summed E-state index contributed by atoms with van der Waals surface area (Å²) in [4.78, 5) is 24.9. The molecule has 4 rings (SSSR count). The largest absolute Gasteiger partial charge is 0.495 e. The second-order valence-electron chi connectivity index (χ2n) is 8.01. The van der Waals surface area contributed by atoms with Crippen molar-refractivity contribution in [2.75, 3.05) is 35.5 Å². The number of urea groups is 2. The van der Waals surface area contributed by atoms with Crippen molar-refractivity contribution < 1.29 is 19.1 Å². The van der Waals surface area contributed by atoms with Gasteiger partial charge in [0.2, 0.25) is 0 Å². The molecule has 0 fully saturated rings. The molecule has 0 heterocycles. The lowest BCUT2D eigenvalue weighted by Crippen LogP contribution is -2.20. The highest BCUT2D eigenvalue weighted by molar-refractivity contribution is 6.31. The lowest BCUT2D eigenvalue weighted by Gasteiger charge is -2.15. The second kappa shape index (κ2) is 12.2. The Morgan fingerprint density at radius 3 is 1.37 bits per heavy atom. The van der Waals surface area contributed by atoms with Gasteiger partial charge in [-0.15, -0.1) is 0 Å². The standard InChI is InChI=1S/C28H24Cl2N4O4/c1-37-25-13-17(9-11-23(25)33-27(35)31-21-7-3-5-19(29)15-21)18-10-12-24(26(14-18)38-2)34-28(36)32-22-8-4-6-20(30)16-22/h3-16H,1-2H3,(H2,31,33,35)(H2,32,34,36). The molecule has 0 aromatic heterocycles. The molecule has 4 N–H and O–H groups in total. The van der Waals surface area contributed by atoms with E-state index in [9.17, 15) is 9.59 Å². The van der Waals surface area contributed by atoms with E-state index in [1.165, 1.54) is 14.2 Å². The maximum atomic E-state index is 12.5. The number of halogens is 2. The summed E-state index contributed by atoms with van der Waals surface area (Å²) in [5.74, 6) is 0.927. The fourth-order valence-electron chi connectivity index (χ4n) is 3.65. The zero-order chi connectivity index (χ0) is 27.1. The molecular weight excluding hydrogens is 527 g/mol. The highest BCUT2D eigenvalue weighted by Crippen LogP contribution is 2.35. The first-order valence-electron chi connectivity index (χ1n) is 11.4. The smallest absolute Gasteiger partial charge is 0.323 e. The van der Waals surface area contributed by atoms with Gasteiger partial charge in [-0.1, -0.05) is 47.5 Å². The van der Waals surface area contributed by atoms with Crippen molar-refractivity contribution in [3.8, 4) is 22.6 Å². The third-order valence-electron chi connectivity index (χ3n) is 5.40. The molecule has 0 aliphatic carbocycles. The zero-order valence-electron chi connectivity index (χ0n) is 20.5. The maximum absolute atomic E-state index is 12.5. The fourth-order valence-corrected chi connectivity index (χ4v) is 4.03. The lowest BCUT2D eigenvalue weighted by molar-refractivity contribution is 0.261. The number of amides is 4. The molecule has 0 saturated heterocycles. The van der Waals surface area contributed by atoms with Gasteiger partial charge in [0.25, 0.3) is 0 Å². The van der Waals surface area contributed by atoms with Crippen LogP contribution in [0.15, 0.2) is 84.9 Å². The van der Waals surface area contributed by atoms with E-state index < -0.39 is 12.1 Å². The molecule has 10 heteroatoms. The summed E-state index contributed by atoms with van der Waals surface area (Å²) >= 11 is 12.0. The molecule has 0 saturated carbocycles. The Balaban J connectivity index is 1.48. The Morgan fingerprint density at radius 2 is 1.00 bits per heavy atom. The van der Waals surface area contributed by atoms with E-state index in [1.54, 1.807) is 72.8 Å². The molecule has 0 unspecified atom stereocenters. The summed E-state index contributed by atoms with van der Waals surface area (Å²) in [7, 11) is 3.04. The molecule has 8 nitrogen and oxygen atoms in total. The maximum Gasteiger partial charge on any atom is 0.323 e. The number of benzene rings is 4. The third-order valence-corrected chi connectivity index (χ3v) is 5.87. The van der Waals surface area contributed by atoms with Gasteiger partial charge in [0.15, 0.2) is 0 Å². The van der Waals surface area contributed by atoms with E-state index in [0.717, 1.165) is 11.1 Å². The first-order chi connectivity index (χ1) is 18.3. The number of hydrogen-bond acceptors (Lipinski definition) is 4. The summed E-state index contributed by atoms with van der Waals surface area (Å²) in [6.45, 7) is 0. The number of methoxy groups -OCH3 is 2. The molecule has 0 radical (unpaired) electrons. The van der Waals surface area contributed by atoms with Gasteiger partial charge >= 0.3 is 12.1 Å². The molecule has 4 amide bonds. The van der Waals surface area contributed by atoms with Crippen LogP contribution in [0.4, 0.5) is 32.3 Å². The average Bonchev–Trinajstić information content (AvgIpc) is 2.89. The van der Waals surface area contributed by atoms with Crippen molar-refractivity contribution in [1.29, 1.82) is 0 Å². The summed E-state index contributed by atoms with van der Waals surface area (Å²) in [5, 5.41) is 12.1. The normalized spacial score (nSPS) is 10.3. The molecule has 4 aromatic carbocycles. The SMILES string of the molecule is COc1cc(-c2ccc(NC(=O)Nc3cccc(Cl)c3)c(OC)c2)ccc1NC(=O)Nc1cccc(Cl)c1. The average molecular weight is 551 g/mol. The van der Waals surface area contributed by atoms with Crippen LogP contribution in [0.3, 0.4) is 0 Å². The first kappa shape index (κ1) is 26.7. The Kier molecular flexibility index (Phi) is 8.58. The van der Waals surface area contributed by atoms with Gasteiger partial charge in [0, 0.05) is 21.4 Å². The molecule has 194 valence electrons. The zero-order valence-corrected chi connectivity index (χ0v) is 22.0. The predicted molar refractivity (Wildman–Crippen MR) is 153 cm³/mol. The van der Waals surface area contributed by atoms with Crippen LogP contribution in [-0.4, -0.2) is 26.3 Å². The Morgan fingerprint density at radius 1 is 0.579 bits per heavy atom. The molecule has 38 heavy (non-hydrogen) atoms. The molecule has 0 bridgehead atoms. The van der Waals surface area contributed by atoms with Crippen molar-refractivity contribution in [3.63, 3.8) is 0 Å². The van der Waals surface area contributed by atoms with Gasteiger partial charge in [-0.3, -0.25) is 0 Å². The van der Waals surface area contributed by atoms with Crippen molar-refractivity contribution >= 4 is 58.0 Å². The monoisotopic (exact) mass is 550 g/mol. The highest BCUT2D eigenvalue weighted by Gasteiger charge is 2.13. The van der Waals surface area contributed by atoms with Crippen LogP contribution in [0.25, 0.3) is 11.1 Å². The second-order valence-corrected chi connectivity index (χ2v) is 8.88. The van der Waals surface area contributed by atoms with Crippen molar-refractivity contribution in [2.24, 2.45) is 0 Å². The number of carbonyl (C=O) groups is 2. The Bertz CT molecular complexity index is 1370. The third kappa shape index (κ3) is 6.88. The van der Waals surface area contributed by atoms with E-state index in [-0.39, 0.29) is 0 Å². The number of rotatable bonds is 7. The minimum absolute atomic E-state index is 0.438. The molecule has 0 atom stereocenters. The number of carbonyl (C=O) groups excluding carboxylic acids is 2. The summed E-state index contributed by atoms with van der Waals surface area (Å²) in [6.07, 6.45) is 0. The van der Waals surface area contributed by atoms with Gasteiger partial charge in [0.1, 0.15) is 11.5 Å². The predicted octanol–water partition coefficient (Wildman–Crippen LogP) is 7.97. The molecular formula is C28H24Cl2N4O4. The summed E-state index contributed by atoms with van der Waals surface area (Å²) < 4.78 is 11.0. The minimum Gasteiger partial charge on any atom is -0.495 e. The molecule has 4 aromatic rings. The molecule has 0 spiro atoms. The van der Waals surface area contributed by atoms with Crippen molar-refractivity contribution in [3.05, 3.63) is 95.0 Å². The van der Waals surface area contributed by atoms with Gasteiger partial charge in [-0.2, -0.15) is 0 Å². The quantitative estimate of drug-likeness (QED) is 0.187. The van der Waals surface area contributed by atoms with Gasteiger partial charge < -0.3 is 30.7 Å². The van der Waals surface area contributed by atoms with E-state index in [4.69, 9.17) is 32.7 Å². The van der Waals surface area contributed by atoms with Crippen LogP contribution in [0, 0.1) is 0 Å². The van der Waals surface area contributed by atoms with Crippen LogP contribution < -0.4 is 30.7 Å². The van der Waals surface area contributed by atoms with E-state index >= 15 is 0 Å². The van der Waals surface area contributed by atoms with Gasteiger partial charge in [-0.05, 0) is 71.8 Å².